The number of fused-ring (bicyclic) bond motifs is 1. The predicted molar refractivity (Wildman–Crippen MR) is 166 cm³/mol. The quantitative estimate of drug-likeness (QED) is 0.206. The largest absolute Gasteiger partial charge is 0.490 e. The van der Waals surface area contributed by atoms with Crippen LogP contribution in [-0.4, -0.2) is 111 Å². The molecule has 47 heavy (non-hydrogen) atoms. The molecule has 2 atom stereocenters. The van der Waals surface area contributed by atoms with Gasteiger partial charge in [-0.05, 0) is 42.7 Å². The molecule has 0 spiro atoms. The number of sulfonamides is 1. The van der Waals surface area contributed by atoms with E-state index in [-0.39, 0.29) is 30.2 Å². The number of aromatic amines is 1. The Balaban J connectivity index is 0.000000771. The predicted octanol–water partition coefficient (Wildman–Crippen LogP) is 2.74. The van der Waals surface area contributed by atoms with Crippen molar-refractivity contribution in [1.29, 1.82) is 0 Å². The minimum atomic E-state index is -5.08. The van der Waals surface area contributed by atoms with Crippen LogP contribution in [0.2, 0.25) is 0 Å². The third kappa shape index (κ3) is 10.4. The van der Waals surface area contributed by atoms with Gasteiger partial charge in [-0.1, -0.05) is 36.4 Å². The highest BCUT2D eigenvalue weighted by atomic mass is 32.2. The summed E-state index contributed by atoms with van der Waals surface area (Å²) in [6, 6.07) is 10.4. The molecule has 1 unspecified atom stereocenters. The van der Waals surface area contributed by atoms with Gasteiger partial charge in [0.2, 0.25) is 21.8 Å². The number of imidazole rings is 1. The minimum absolute atomic E-state index is 0.0453. The first kappa shape index (κ1) is 37.3. The zero-order chi connectivity index (χ0) is 34.8. The van der Waals surface area contributed by atoms with E-state index in [1.165, 1.54) is 24.2 Å². The van der Waals surface area contributed by atoms with E-state index in [0.717, 1.165) is 9.69 Å². The second kappa shape index (κ2) is 16.6. The van der Waals surface area contributed by atoms with Gasteiger partial charge >= 0.3 is 18.1 Å². The lowest BCUT2D eigenvalue weighted by atomic mass is 10.1. The Morgan fingerprint density at radius 3 is 2.45 bits per heavy atom. The van der Waals surface area contributed by atoms with Gasteiger partial charge in [-0.15, -0.1) is 0 Å². The molecule has 1 fully saturated rings. The lowest BCUT2D eigenvalue weighted by Gasteiger charge is -2.30. The van der Waals surface area contributed by atoms with E-state index < -0.39 is 52.7 Å². The number of halogens is 3. The molecule has 2 amide bonds. The molecule has 256 valence electrons. The molecule has 3 aromatic rings. The van der Waals surface area contributed by atoms with Gasteiger partial charge in [-0.2, -0.15) is 29.2 Å². The molecular weight excluding hydrogens is 667 g/mol. The van der Waals surface area contributed by atoms with Crippen molar-refractivity contribution in [3.05, 3.63) is 60.7 Å². The van der Waals surface area contributed by atoms with Gasteiger partial charge in [0.05, 0.1) is 24.2 Å². The van der Waals surface area contributed by atoms with Crippen molar-refractivity contribution in [3.63, 3.8) is 0 Å². The second-order valence-electron chi connectivity index (χ2n) is 10.5. The zero-order valence-electron chi connectivity index (χ0n) is 25.1. The Bertz CT molecular complexity index is 1650. The highest BCUT2D eigenvalue weighted by Crippen LogP contribution is 2.28. The standard InChI is InChI=1S/C27H33N5O6S2.C2HF3O2/c1-39-13-11-23(27(35)36)30-25(33)17-31(40(37,38)24-10-4-7-19-6-2-3-9-22(19)24)16-21-8-5-12-32(21)26(34)14-20-15-28-18-29-20;3-2(4,5)1(6)7/h2-4,6-7,9-10,15,18,21,23H,5,8,11-14,16-17H2,1H3,(H,28,29)(H,30,33)(H,35,36);(H,6,7)/t21-,23?;/m0./s1. The molecule has 4 N–H and O–H groups in total. The normalized spacial score (nSPS) is 15.6. The van der Waals surface area contributed by atoms with Crippen molar-refractivity contribution in [1.82, 2.24) is 24.5 Å². The van der Waals surface area contributed by atoms with E-state index in [2.05, 4.69) is 15.3 Å². The van der Waals surface area contributed by atoms with Gasteiger partial charge in [0.1, 0.15) is 6.04 Å². The Labute approximate surface area is 272 Å². The van der Waals surface area contributed by atoms with Crippen molar-refractivity contribution in [2.45, 2.75) is 48.8 Å². The number of carboxylic acid groups (broad SMARTS) is 2. The van der Waals surface area contributed by atoms with Crippen LogP contribution >= 0.6 is 11.8 Å². The van der Waals surface area contributed by atoms with Crippen molar-refractivity contribution in [2.24, 2.45) is 0 Å². The molecule has 1 saturated heterocycles. The van der Waals surface area contributed by atoms with Crippen LogP contribution in [0.25, 0.3) is 10.8 Å². The smallest absolute Gasteiger partial charge is 0.480 e. The summed E-state index contributed by atoms with van der Waals surface area (Å²) < 4.78 is 61.0. The lowest BCUT2D eigenvalue weighted by molar-refractivity contribution is -0.192. The van der Waals surface area contributed by atoms with Gasteiger partial charge in [0.15, 0.2) is 0 Å². The van der Waals surface area contributed by atoms with E-state index in [9.17, 15) is 41.1 Å². The number of H-pyrrole nitrogens is 1. The Kier molecular flexibility index (Phi) is 13.2. The molecular formula is C29H34F3N5O8S2. The fraction of sp³-hybridized carbons (Fsp3) is 0.414. The number of hydrogen-bond acceptors (Lipinski definition) is 8. The molecule has 13 nitrogen and oxygen atoms in total. The number of rotatable bonds is 13. The maximum absolute atomic E-state index is 14.1. The number of carbonyl (C=O) groups is 4. The van der Waals surface area contributed by atoms with E-state index in [1.54, 1.807) is 41.4 Å². The topological polar surface area (TPSA) is 190 Å². The average Bonchev–Trinajstić information content (AvgIpc) is 3.70. The number of alkyl halides is 3. The van der Waals surface area contributed by atoms with Crippen LogP contribution in [-0.2, 0) is 35.6 Å². The van der Waals surface area contributed by atoms with Crippen LogP contribution in [0.3, 0.4) is 0 Å². The molecule has 2 aromatic carbocycles. The molecule has 18 heteroatoms. The minimum Gasteiger partial charge on any atom is -0.480 e. The number of nitrogens with one attached hydrogen (secondary N) is 2. The molecule has 1 aliphatic heterocycles. The monoisotopic (exact) mass is 701 g/mol. The molecule has 0 aliphatic carbocycles. The number of benzene rings is 2. The van der Waals surface area contributed by atoms with Crippen LogP contribution < -0.4 is 5.32 Å². The van der Waals surface area contributed by atoms with E-state index >= 15 is 0 Å². The SMILES string of the molecule is CSCCC(NC(=O)CN(C[C@@H]1CCCN1C(=O)Cc1cnc[nH]1)S(=O)(=O)c1cccc2ccccc12)C(=O)O.O=C(O)C(F)(F)F. The van der Waals surface area contributed by atoms with Crippen LogP contribution in [0.4, 0.5) is 13.2 Å². The molecule has 0 bridgehead atoms. The van der Waals surface area contributed by atoms with Gasteiger partial charge in [-0.25, -0.2) is 23.0 Å². The number of amides is 2. The number of thioether (sulfide) groups is 1. The van der Waals surface area contributed by atoms with E-state index in [0.29, 0.717) is 36.2 Å². The first-order valence-corrected chi connectivity index (χ1v) is 17.0. The number of aliphatic carboxylic acids is 2. The number of carboxylic acids is 2. The summed E-state index contributed by atoms with van der Waals surface area (Å²) >= 11 is 1.45. The maximum Gasteiger partial charge on any atom is 0.490 e. The van der Waals surface area contributed by atoms with Crippen LogP contribution in [0.1, 0.15) is 25.0 Å². The third-order valence-corrected chi connectivity index (χ3v) is 9.70. The molecule has 2 heterocycles. The Hall–Kier alpha value is -4.16. The first-order valence-electron chi connectivity index (χ1n) is 14.2. The highest BCUT2D eigenvalue weighted by molar-refractivity contribution is 7.98. The Morgan fingerprint density at radius 1 is 1.15 bits per heavy atom. The maximum atomic E-state index is 14.1. The van der Waals surface area contributed by atoms with Crippen LogP contribution in [0, 0.1) is 0 Å². The zero-order valence-corrected chi connectivity index (χ0v) is 26.8. The summed E-state index contributed by atoms with van der Waals surface area (Å²) in [4.78, 5) is 55.4. The fourth-order valence-corrected chi connectivity index (χ4v) is 7.05. The van der Waals surface area contributed by atoms with E-state index in [1.807, 2.05) is 12.3 Å². The molecule has 1 aliphatic rings. The van der Waals surface area contributed by atoms with Crippen LogP contribution in [0.15, 0.2) is 59.9 Å². The van der Waals surface area contributed by atoms with Gasteiger partial charge < -0.3 is 25.4 Å². The number of nitrogens with zero attached hydrogens (tertiary/aromatic N) is 3. The second-order valence-corrected chi connectivity index (χ2v) is 13.3. The van der Waals surface area contributed by atoms with Crippen molar-refractivity contribution in [3.8, 4) is 0 Å². The first-order chi connectivity index (χ1) is 22.1. The number of likely N-dealkylation sites (tertiary alicyclic amines) is 1. The Morgan fingerprint density at radius 2 is 1.83 bits per heavy atom. The summed E-state index contributed by atoms with van der Waals surface area (Å²) in [6.07, 6.45) is 1.39. The number of aromatic nitrogens is 2. The summed E-state index contributed by atoms with van der Waals surface area (Å²) in [7, 11) is -4.22. The third-order valence-electron chi connectivity index (χ3n) is 7.18. The van der Waals surface area contributed by atoms with Crippen molar-refractivity contribution in [2.75, 3.05) is 31.6 Å². The summed E-state index contributed by atoms with van der Waals surface area (Å²) in [6.45, 7) is -0.203. The summed E-state index contributed by atoms with van der Waals surface area (Å²) in [5.74, 6) is -4.30. The number of hydrogen-bond donors (Lipinski definition) is 4. The van der Waals surface area contributed by atoms with Gasteiger partial charge in [-0.3, -0.25) is 9.59 Å². The summed E-state index contributed by atoms with van der Waals surface area (Å²) in [5.41, 5.74) is 0.653. The molecule has 1 aromatic heterocycles. The average molecular weight is 702 g/mol. The van der Waals surface area contributed by atoms with Crippen molar-refractivity contribution >= 4 is 56.3 Å². The number of carbonyl (C=O) groups excluding carboxylic acids is 2. The summed E-state index contributed by atoms with van der Waals surface area (Å²) in [5, 5.41) is 20.4. The van der Waals surface area contributed by atoms with Gasteiger partial charge in [0, 0.05) is 36.4 Å². The van der Waals surface area contributed by atoms with E-state index in [4.69, 9.17) is 9.90 Å². The lowest BCUT2D eigenvalue weighted by Crippen LogP contribution is -2.50. The van der Waals surface area contributed by atoms with Gasteiger partial charge in [0.25, 0.3) is 0 Å². The van der Waals surface area contributed by atoms with Crippen molar-refractivity contribution < 1.29 is 51.0 Å². The fourth-order valence-electron chi connectivity index (χ4n) is 4.94. The molecule has 0 saturated carbocycles. The highest BCUT2D eigenvalue weighted by Gasteiger charge is 2.38. The molecule has 0 radical (unpaired) electrons. The molecule has 4 rings (SSSR count). The van der Waals surface area contributed by atoms with Crippen LogP contribution in [0.5, 0.6) is 0 Å².